The van der Waals surface area contributed by atoms with Crippen LogP contribution in [0.25, 0.3) is 0 Å². The van der Waals surface area contributed by atoms with Crippen molar-refractivity contribution in [1.82, 2.24) is 5.32 Å². The number of hydrogen-bond donors (Lipinski definition) is 1. The second kappa shape index (κ2) is 8.31. The van der Waals surface area contributed by atoms with E-state index in [2.05, 4.69) is 39.1 Å². The summed E-state index contributed by atoms with van der Waals surface area (Å²) in [6, 6.07) is 0. The molecule has 0 unspecified atom stereocenters. The SMILES string of the molecule is CCCC(C)=CCCNCC(C)C. The van der Waals surface area contributed by atoms with Gasteiger partial charge in [-0.15, -0.1) is 0 Å². The lowest BCUT2D eigenvalue weighted by Gasteiger charge is -2.05. The summed E-state index contributed by atoms with van der Waals surface area (Å²) in [5.41, 5.74) is 1.54. The van der Waals surface area contributed by atoms with E-state index in [-0.39, 0.29) is 0 Å². The first kappa shape index (κ1) is 12.7. The van der Waals surface area contributed by atoms with Crippen LogP contribution in [0.1, 0.15) is 47.0 Å². The molecule has 0 aromatic carbocycles. The molecule has 13 heavy (non-hydrogen) atoms. The van der Waals surface area contributed by atoms with E-state index in [1.54, 1.807) is 0 Å². The van der Waals surface area contributed by atoms with Gasteiger partial charge in [0.25, 0.3) is 0 Å². The van der Waals surface area contributed by atoms with Crippen molar-refractivity contribution < 1.29 is 0 Å². The van der Waals surface area contributed by atoms with Crippen molar-refractivity contribution in [1.29, 1.82) is 0 Å². The molecule has 1 N–H and O–H groups in total. The molecule has 0 aliphatic heterocycles. The topological polar surface area (TPSA) is 12.0 Å². The van der Waals surface area contributed by atoms with Gasteiger partial charge in [0.1, 0.15) is 0 Å². The lowest BCUT2D eigenvalue weighted by atomic mass is 10.1. The van der Waals surface area contributed by atoms with Crippen LogP contribution in [0.3, 0.4) is 0 Å². The van der Waals surface area contributed by atoms with Gasteiger partial charge in [-0.2, -0.15) is 0 Å². The highest BCUT2D eigenvalue weighted by molar-refractivity contribution is 4.97. The van der Waals surface area contributed by atoms with Crippen LogP contribution in [0, 0.1) is 5.92 Å². The maximum atomic E-state index is 3.44. The molecule has 0 saturated carbocycles. The normalized spacial score (nSPS) is 12.5. The van der Waals surface area contributed by atoms with Crippen molar-refractivity contribution in [3.8, 4) is 0 Å². The molecule has 1 heteroatoms. The molecule has 0 spiro atoms. The van der Waals surface area contributed by atoms with Gasteiger partial charge < -0.3 is 5.32 Å². The highest BCUT2D eigenvalue weighted by Gasteiger charge is 1.91. The van der Waals surface area contributed by atoms with Gasteiger partial charge in [-0.05, 0) is 38.8 Å². The molecule has 0 aromatic rings. The van der Waals surface area contributed by atoms with Gasteiger partial charge in [-0.25, -0.2) is 0 Å². The van der Waals surface area contributed by atoms with Crippen LogP contribution in [0.15, 0.2) is 11.6 Å². The average Bonchev–Trinajstić information content (AvgIpc) is 2.03. The van der Waals surface area contributed by atoms with Crippen LogP contribution in [0.2, 0.25) is 0 Å². The maximum absolute atomic E-state index is 3.44. The minimum atomic E-state index is 0.765. The summed E-state index contributed by atoms with van der Waals surface area (Å²) in [5.74, 6) is 0.765. The standard InChI is InChI=1S/C12H25N/c1-5-7-12(4)8-6-9-13-10-11(2)3/h8,11,13H,5-7,9-10H2,1-4H3. The van der Waals surface area contributed by atoms with Gasteiger partial charge in [0, 0.05) is 0 Å². The van der Waals surface area contributed by atoms with E-state index in [9.17, 15) is 0 Å². The van der Waals surface area contributed by atoms with Gasteiger partial charge in [-0.1, -0.05) is 38.8 Å². The van der Waals surface area contributed by atoms with Crippen molar-refractivity contribution >= 4 is 0 Å². The van der Waals surface area contributed by atoms with Crippen molar-refractivity contribution in [3.63, 3.8) is 0 Å². The molecule has 0 radical (unpaired) electrons. The third-order valence-corrected chi connectivity index (χ3v) is 2.01. The molecular formula is C12H25N. The summed E-state index contributed by atoms with van der Waals surface area (Å²) in [7, 11) is 0. The summed E-state index contributed by atoms with van der Waals surface area (Å²) in [6.45, 7) is 11.2. The number of hydrogen-bond acceptors (Lipinski definition) is 1. The molecule has 1 nitrogen and oxygen atoms in total. The van der Waals surface area contributed by atoms with Crippen molar-refractivity contribution in [3.05, 3.63) is 11.6 Å². The average molecular weight is 183 g/mol. The van der Waals surface area contributed by atoms with Gasteiger partial charge in [0.2, 0.25) is 0 Å². The van der Waals surface area contributed by atoms with Crippen LogP contribution in [0.4, 0.5) is 0 Å². The van der Waals surface area contributed by atoms with Gasteiger partial charge in [0.05, 0.1) is 0 Å². The molecule has 0 fully saturated rings. The van der Waals surface area contributed by atoms with E-state index in [4.69, 9.17) is 0 Å². The number of nitrogens with one attached hydrogen (secondary N) is 1. The van der Waals surface area contributed by atoms with E-state index >= 15 is 0 Å². The number of rotatable bonds is 7. The Morgan fingerprint density at radius 3 is 2.62 bits per heavy atom. The summed E-state index contributed by atoms with van der Waals surface area (Å²) in [5, 5.41) is 3.44. The van der Waals surface area contributed by atoms with Gasteiger partial charge in [-0.3, -0.25) is 0 Å². The second-order valence-corrected chi connectivity index (χ2v) is 4.19. The lowest BCUT2D eigenvalue weighted by Crippen LogP contribution is -2.20. The zero-order valence-corrected chi connectivity index (χ0v) is 9.69. The molecule has 0 heterocycles. The first-order chi connectivity index (χ1) is 6.16. The van der Waals surface area contributed by atoms with Gasteiger partial charge in [0.15, 0.2) is 0 Å². The molecule has 0 rings (SSSR count). The first-order valence-corrected chi connectivity index (χ1v) is 5.53. The predicted molar refractivity (Wildman–Crippen MR) is 61.0 cm³/mol. The predicted octanol–water partition coefficient (Wildman–Crippen LogP) is 3.37. The van der Waals surface area contributed by atoms with E-state index in [1.165, 1.54) is 24.8 Å². The fraction of sp³-hybridized carbons (Fsp3) is 0.833. The Kier molecular flexibility index (Phi) is 8.11. The minimum absolute atomic E-state index is 0.765. The largest absolute Gasteiger partial charge is 0.316 e. The summed E-state index contributed by atoms with van der Waals surface area (Å²) in [4.78, 5) is 0. The molecule has 78 valence electrons. The first-order valence-electron chi connectivity index (χ1n) is 5.53. The highest BCUT2D eigenvalue weighted by Crippen LogP contribution is 2.03. The number of allylic oxidation sites excluding steroid dienone is 1. The zero-order chi connectivity index (χ0) is 10.1. The molecule has 0 amide bonds. The lowest BCUT2D eigenvalue weighted by molar-refractivity contribution is 0.556. The third kappa shape index (κ3) is 9.62. The third-order valence-electron chi connectivity index (χ3n) is 2.01. The Hall–Kier alpha value is -0.300. The molecular weight excluding hydrogens is 158 g/mol. The van der Waals surface area contributed by atoms with Crippen LogP contribution < -0.4 is 5.32 Å². The highest BCUT2D eigenvalue weighted by atomic mass is 14.8. The van der Waals surface area contributed by atoms with Gasteiger partial charge >= 0.3 is 0 Å². The minimum Gasteiger partial charge on any atom is -0.316 e. The second-order valence-electron chi connectivity index (χ2n) is 4.19. The fourth-order valence-corrected chi connectivity index (χ4v) is 1.31. The summed E-state index contributed by atoms with van der Waals surface area (Å²) in [6.07, 6.45) is 6.06. The van der Waals surface area contributed by atoms with Crippen molar-refractivity contribution in [2.75, 3.05) is 13.1 Å². The Bertz CT molecular complexity index is 136. The van der Waals surface area contributed by atoms with E-state index < -0.39 is 0 Å². The zero-order valence-electron chi connectivity index (χ0n) is 9.69. The van der Waals surface area contributed by atoms with E-state index in [0.29, 0.717) is 0 Å². The maximum Gasteiger partial charge on any atom is -0.00141 e. The Morgan fingerprint density at radius 2 is 2.08 bits per heavy atom. The quantitative estimate of drug-likeness (QED) is 0.471. The monoisotopic (exact) mass is 183 g/mol. The summed E-state index contributed by atoms with van der Waals surface area (Å²) < 4.78 is 0. The molecule has 0 bridgehead atoms. The van der Waals surface area contributed by atoms with Crippen LogP contribution in [0.5, 0.6) is 0 Å². The molecule has 0 aliphatic rings. The van der Waals surface area contributed by atoms with Crippen LogP contribution in [-0.4, -0.2) is 13.1 Å². The smallest absolute Gasteiger partial charge is 0.00141 e. The molecule has 0 aromatic heterocycles. The molecule has 0 atom stereocenters. The van der Waals surface area contributed by atoms with Crippen molar-refractivity contribution in [2.45, 2.75) is 47.0 Å². The Labute approximate surface area is 83.6 Å². The fourth-order valence-electron chi connectivity index (χ4n) is 1.31. The van der Waals surface area contributed by atoms with E-state index in [1.807, 2.05) is 0 Å². The molecule has 0 saturated heterocycles. The van der Waals surface area contributed by atoms with Crippen LogP contribution in [-0.2, 0) is 0 Å². The van der Waals surface area contributed by atoms with E-state index in [0.717, 1.165) is 19.0 Å². The summed E-state index contributed by atoms with van der Waals surface area (Å²) >= 11 is 0. The molecule has 0 aliphatic carbocycles. The van der Waals surface area contributed by atoms with Crippen molar-refractivity contribution in [2.24, 2.45) is 5.92 Å². The Morgan fingerprint density at radius 1 is 1.38 bits per heavy atom. The van der Waals surface area contributed by atoms with Crippen LogP contribution >= 0.6 is 0 Å². The Balaban J connectivity index is 3.28.